The number of rotatable bonds is 0. The van der Waals surface area contributed by atoms with E-state index in [1.807, 2.05) is 0 Å². The number of hydrogen-bond donors (Lipinski definition) is 0. The molecule has 2 nitrogen and oxygen atoms in total. The molecule has 0 atom stereocenters. The molecule has 0 rings (SSSR count). The van der Waals surface area contributed by atoms with Crippen molar-refractivity contribution in [2.24, 2.45) is 0 Å². The Morgan fingerprint density at radius 2 is 1.20 bits per heavy atom. The minimum absolute atomic E-state index is 0. The summed E-state index contributed by atoms with van der Waals surface area (Å²) in [7, 11) is 0. The van der Waals surface area contributed by atoms with Crippen molar-refractivity contribution in [3.8, 4) is 12.1 Å². The Bertz CT molecular complexity index is 62.6. The van der Waals surface area contributed by atoms with Crippen molar-refractivity contribution in [3.05, 3.63) is 0 Å². The van der Waals surface area contributed by atoms with Crippen molar-refractivity contribution in [2.45, 2.75) is 0 Å². The molecule has 0 aliphatic heterocycles. The number of nitrogens with zero attached hydrogens (tertiary/aromatic N) is 2. The van der Waals surface area contributed by atoms with Gasteiger partial charge in [-0.05, 0) is 0 Å². The van der Waals surface area contributed by atoms with Gasteiger partial charge in [-0.1, -0.05) is 0 Å². The fourth-order valence-corrected chi connectivity index (χ4v) is 0. The molecular formula is C2HgN2. The van der Waals surface area contributed by atoms with Crippen LogP contribution in [0.15, 0.2) is 0 Å². The van der Waals surface area contributed by atoms with Crippen LogP contribution in [-0.2, 0) is 27.7 Å². The van der Waals surface area contributed by atoms with Crippen LogP contribution in [0.2, 0.25) is 0 Å². The molecule has 0 aromatic heterocycles. The fraction of sp³-hybridized carbons (Fsp3) is 0. The van der Waals surface area contributed by atoms with Crippen molar-refractivity contribution in [1.29, 1.82) is 10.5 Å². The van der Waals surface area contributed by atoms with Crippen LogP contribution in [0.5, 0.6) is 0 Å². The smallest absolute Gasteiger partial charge is 0.181 e. The molecule has 0 radical (unpaired) electrons. The van der Waals surface area contributed by atoms with Crippen LogP contribution in [0.3, 0.4) is 0 Å². The van der Waals surface area contributed by atoms with Gasteiger partial charge >= 0.3 is 0 Å². The van der Waals surface area contributed by atoms with Crippen LogP contribution in [0, 0.1) is 22.7 Å². The maximum Gasteiger partial charge on any atom is 0.181 e. The van der Waals surface area contributed by atoms with E-state index in [0.717, 1.165) is 0 Å². The zero-order valence-corrected chi connectivity index (χ0v) is 8.10. The van der Waals surface area contributed by atoms with Gasteiger partial charge in [0, 0.05) is 27.7 Å². The first-order valence-electron chi connectivity index (χ1n) is 0.697. The van der Waals surface area contributed by atoms with E-state index in [1.165, 1.54) is 12.1 Å². The van der Waals surface area contributed by atoms with Gasteiger partial charge < -0.3 is 0 Å². The van der Waals surface area contributed by atoms with Crippen molar-refractivity contribution in [2.75, 3.05) is 0 Å². The molecule has 0 aliphatic carbocycles. The molecule has 0 fully saturated rings. The SMILES string of the molecule is N#CC#N.[Hg]. The zero-order chi connectivity index (χ0) is 3.41. The van der Waals surface area contributed by atoms with Crippen LogP contribution in [-0.4, -0.2) is 0 Å². The van der Waals surface area contributed by atoms with Gasteiger partial charge in [0.05, 0.1) is 0 Å². The van der Waals surface area contributed by atoms with Crippen LogP contribution < -0.4 is 0 Å². The Balaban J connectivity index is 0. The maximum absolute atomic E-state index is 7.26. The zero-order valence-electron chi connectivity index (χ0n) is 2.60. The molecule has 0 bridgehead atoms. The predicted octanol–water partition coefficient (Wildman–Crippen LogP) is 0.0311. The van der Waals surface area contributed by atoms with Gasteiger partial charge in [-0.2, -0.15) is 10.5 Å². The third-order valence-electron chi connectivity index (χ3n) is 0.0500. The van der Waals surface area contributed by atoms with Gasteiger partial charge in [0.1, 0.15) is 0 Å². The van der Waals surface area contributed by atoms with E-state index in [4.69, 9.17) is 10.5 Å². The molecule has 0 spiro atoms. The summed E-state index contributed by atoms with van der Waals surface area (Å²) in [5.74, 6) is 0. The van der Waals surface area contributed by atoms with E-state index in [9.17, 15) is 0 Å². The molecule has 5 heavy (non-hydrogen) atoms. The first kappa shape index (κ1) is 8.87. The Kier molecular flexibility index (Phi) is 16.1. The molecule has 0 N–H and O–H groups in total. The van der Waals surface area contributed by atoms with E-state index in [1.54, 1.807) is 0 Å². The van der Waals surface area contributed by atoms with Crippen LogP contribution >= 0.6 is 0 Å². The third-order valence-corrected chi connectivity index (χ3v) is 0.0500. The normalized spacial score (nSPS) is 2.00. The summed E-state index contributed by atoms with van der Waals surface area (Å²) < 4.78 is 0. The summed E-state index contributed by atoms with van der Waals surface area (Å²) in [6.45, 7) is 0. The summed E-state index contributed by atoms with van der Waals surface area (Å²) in [6.07, 6.45) is 0. The van der Waals surface area contributed by atoms with E-state index in [0.29, 0.717) is 0 Å². The molecule has 0 heterocycles. The Hall–Kier alpha value is -0.0849. The summed E-state index contributed by atoms with van der Waals surface area (Å²) in [5, 5.41) is 14.5. The molecule has 0 aromatic rings. The molecular weight excluding hydrogens is 253 g/mol. The van der Waals surface area contributed by atoms with Crippen molar-refractivity contribution >= 4 is 0 Å². The second-order valence-corrected chi connectivity index (χ2v) is 0.224. The first-order chi connectivity index (χ1) is 1.91. The number of hydrogen-bond acceptors (Lipinski definition) is 2. The van der Waals surface area contributed by atoms with Gasteiger partial charge in [-0.15, -0.1) is 0 Å². The molecule has 20 valence electrons. The number of nitriles is 2. The largest absolute Gasteiger partial charge is 0.181 e. The van der Waals surface area contributed by atoms with Crippen LogP contribution in [0.25, 0.3) is 0 Å². The average molecular weight is 253 g/mol. The van der Waals surface area contributed by atoms with E-state index >= 15 is 0 Å². The summed E-state index contributed by atoms with van der Waals surface area (Å²) in [4.78, 5) is 0. The monoisotopic (exact) mass is 254 g/mol. The Morgan fingerprint density at radius 3 is 1.20 bits per heavy atom. The Labute approximate surface area is 50.5 Å². The second-order valence-electron chi connectivity index (χ2n) is 0.224. The van der Waals surface area contributed by atoms with Gasteiger partial charge in [0.25, 0.3) is 0 Å². The van der Waals surface area contributed by atoms with E-state index in [-0.39, 0.29) is 27.7 Å². The average Bonchev–Trinajstić information content (AvgIpc) is 1.37. The first-order valence-corrected chi connectivity index (χ1v) is 0.697. The summed E-state index contributed by atoms with van der Waals surface area (Å²) >= 11 is 0. The fourth-order valence-electron chi connectivity index (χ4n) is 0. The maximum atomic E-state index is 7.26. The minimum atomic E-state index is 0. The summed E-state index contributed by atoms with van der Waals surface area (Å²) in [6, 6.07) is 2.47. The van der Waals surface area contributed by atoms with Crippen molar-refractivity contribution in [1.82, 2.24) is 0 Å². The topological polar surface area (TPSA) is 47.6 Å². The molecule has 0 unspecified atom stereocenters. The second kappa shape index (κ2) is 9.07. The molecule has 0 saturated heterocycles. The van der Waals surface area contributed by atoms with Gasteiger partial charge in [-0.25, -0.2) is 0 Å². The minimum Gasteiger partial charge on any atom is -0.181 e. The van der Waals surface area contributed by atoms with E-state index < -0.39 is 0 Å². The van der Waals surface area contributed by atoms with Crippen LogP contribution in [0.1, 0.15) is 0 Å². The van der Waals surface area contributed by atoms with Crippen molar-refractivity contribution < 1.29 is 27.7 Å². The molecule has 0 saturated carbocycles. The predicted molar refractivity (Wildman–Crippen MR) is 11.2 cm³/mol. The molecule has 3 heteroatoms. The molecule has 0 amide bonds. The van der Waals surface area contributed by atoms with Crippen molar-refractivity contribution in [3.63, 3.8) is 0 Å². The molecule has 0 aromatic carbocycles. The van der Waals surface area contributed by atoms with Gasteiger partial charge in [-0.3, -0.25) is 0 Å². The quantitative estimate of drug-likeness (QED) is 0.571. The summed E-state index contributed by atoms with van der Waals surface area (Å²) in [5.41, 5.74) is 0. The third kappa shape index (κ3) is 17.1. The van der Waals surface area contributed by atoms with Gasteiger partial charge in [0.15, 0.2) is 12.1 Å². The Morgan fingerprint density at radius 1 is 1.00 bits per heavy atom. The van der Waals surface area contributed by atoms with Gasteiger partial charge in [0.2, 0.25) is 0 Å². The van der Waals surface area contributed by atoms with E-state index in [2.05, 4.69) is 0 Å². The standard InChI is InChI=1S/C2N2.Hg/c3-1-2-4;. The molecule has 0 aliphatic rings. The van der Waals surface area contributed by atoms with Crippen LogP contribution in [0.4, 0.5) is 0 Å².